The van der Waals surface area contributed by atoms with E-state index in [1.165, 1.54) is 12.3 Å². The van der Waals surface area contributed by atoms with Gasteiger partial charge in [0.05, 0.1) is 29.1 Å². The summed E-state index contributed by atoms with van der Waals surface area (Å²) in [7, 11) is 3.85. The van der Waals surface area contributed by atoms with Crippen LogP contribution in [-0.2, 0) is 4.79 Å². The molecule has 0 fully saturated rings. The van der Waals surface area contributed by atoms with Crippen LogP contribution in [-0.4, -0.2) is 48.0 Å². The van der Waals surface area contributed by atoms with Gasteiger partial charge in [0.1, 0.15) is 17.6 Å². The van der Waals surface area contributed by atoms with Crippen LogP contribution in [0.15, 0.2) is 79.1 Å². The summed E-state index contributed by atoms with van der Waals surface area (Å²) in [6, 6.07) is 18.5. The molecule has 0 aliphatic carbocycles. The van der Waals surface area contributed by atoms with E-state index in [-0.39, 0.29) is 5.91 Å². The third kappa shape index (κ3) is 6.63. The van der Waals surface area contributed by atoms with Crippen LogP contribution in [0.4, 0.5) is 17.1 Å². The van der Waals surface area contributed by atoms with Crippen molar-refractivity contribution >= 4 is 33.9 Å². The molecule has 2 heterocycles. The van der Waals surface area contributed by atoms with E-state index in [9.17, 15) is 10.1 Å². The van der Waals surface area contributed by atoms with Gasteiger partial charge in [-0.2, -0.15) is 5.26 Å². The third-order valence-corrected chi connectivity index (χ3v) is 5.37. The van der Waals surface area contributed by atoms with Gasteiger partial charge in [-0.05, 0) is 57.4 Å². The average molecular weight is 509 g/mol. The number of likely N-dealkylation sites (N-methyl/N-ethyl adjacent to an activating group) is 1. The van der Waals surface area contributed by atoms with E-state index in [4.69, 9.17) is 9.47 Å². The molecule has 9 heteroatoms. The van der Waals surface area contributed by atoms with E-state index >= 15 is 0 Å². The minimum Gasteiger partial charge on any atom is -0.492 e. The van der Waals surface area contributed by atoms with Crippen LogP contribution >= 0.6 is 0 Å². The van der Waals surface area contributed by atoms with E-state index in [2.05, 4.69) is 26.7 Å². The maximum absolute atomic E-state index is 12.6. The number of ether oxygens (including phenoxy) is 2. The van der Waals surface area contributed by atoms with Crippen molar-refractivity contribution in [2.45, 2.75) is 6.92 Å². The Labute approximate surface area is 221 Å². The topological polar surface area (TPSA) is 112 Å². The van der Waals surface area contributed by atoms with Gasteiger partial charge in [-0.3, -0.25) is 9.78 Å². The maximum Gasteiger partial charge on any atom is 0.248 e. The normalized spacial score (nSPS) is 10.9. The molecule has 0 atom stereocenters. The second-order valence-electron chi connectivity index (χ2n) is 8.53. The molecule has 4 aromatic rings. The molecule has 0 aliphatic rings. The number of hydrogen-bond donors (Lipinski definition) is 2. The Morgan fingerprint density at radius 3 is 2.63 bits per heavy atom. The van der Waals surface area contributed by atoms with E-state index in [0.717, 1.165) is 5.69 Å². The van der Waals surface area contributed by atoms with E-state index < -0.39 is 0 Å². The number of benzene rings is 2. The monoisotopic (exact) mass is 508 g/mol. The van der Waals surface area contributed by atoms with Gasteiger partial charge in [-0.15, -0.1) is 0 Å². The highest BCUT2D eigenvalue weighted by Crippen LogP contribution is 2.36. The number of nitrogens with one attached hydrogen (secondary N) is 2. The molecule has 192 valence electrons. The second kappa shape index (κ2) is 12.3. The molecule has 0 saturated carbocycles. The first kappa shape index (κ1) is 26.1. The van der Waals surface area contributed by atoms with Crippen LogP contribution in [0.5, 0.6) is 17.4 Å². The number of pyridine rings is 2. The van der Waals surface area contributed by atoms with E-state index in [1.807, 2.05) is 62.3 Å². The van der Waals surface area contributed by atoms with Crippen LogP contribution in [0.1, 0.15) is 12.5 Å². The van der Waals surface area contributed by atoms with Gasteiger partial charge in [0.25, 0.3) is 0 Å². The molecule has 2 aromatic heterocycles. The summed E-state index contributed by atoms with van der Waals surface area (Å²) in [6.45, 7) is 2.92. The average Bonchev–Trinajstić information content (AvgIpc) is 2.91. The smallest absolute Gasteiger partial charge is 0.248 e. The molecule has 0 unspecified atom stereocenters. The van der Waals surface area contributed by atoms with Crippen molar-refractivity contribution in [2.75, 3.05) is 37.9 Å². The van der Waals surface area contributed by atoms with Gasteiger partial charge in [-0.25, -0.2) is 4.98 Å². The number of carbonyl (C=O) groups is 1. The van der Waals surface area contributed by atoms with Gasteiger partial charge >= 0.3 is 0 Å². The highest BCUT2D eigenvalue weighted by atomic mass is 16.5. The zero-order valence-corrected chi connectivity index (χ0v) is 21.4. The van der Waals surface area contributed by atoms with Crippen LogP contribution in [0.2, 0.25) is 0 Å². The van der Waals surface area contributed by atoms with Gasteiger partial charge in [0.15, 0.2) is 0 Å². The number of fused-ring (bicyclic) bond motifs is 1. The molecule has 0 aliphatic heterocycles. The minimum absolute atomic E-state index is 0.283. The number of anilines is 3. The highest BCUT2D eigenvalue weighted by Gasteiger charge is 2.15. The molecule has 0 spiro atoms. The van der Waals surface area contributed by atoms with Crippen molar-refractivity contribution in [2.24, 2.45) is 0 Å². The van der Waals surface area contributed by atoms with Crippen molar-refractivity contribution in [3.8, 4) is 23.4 Å². The Bertz CT molecular complexity index is 1480. The van der Waals surface area contributed by atoms with Crippen molar-refractivity contribution in [1.82, 2.24) is 14.9 Å². The second-order valence-corrected chi connectivity index (χ2v) is 8.53. The van der Waals surface area contributed by atoms with Gasteiger partial charge in [-0.1, -0.05) is 12.1 Å². The first-order valence-corrected chi connectivity index (χ1v) is 12.0. The Kier molecular flexibility index (Phi) is 8.49. The van der Waals surface area contributed by atoms with Gasteiger partial charge < -0.3 is 25.0 Å². The zero-order chi connectivity index (χ0) is 26.9. The fraction of sp³-hybridized carbons (Fsp3) is 0.172. The van der Waals surface area contributed by atoms with Gasteiger partial charge in [0.2, 0.25) is 11.8 Å². The summed E-state index contributed by atoms with van der Waals surface area (Å²) >= 11 is 0. The first-order valence-electron chi connectivity index (χ1n) is 12.0. The lowest BCUT2D eigenvalue weighted by Gasteiger charge is -2.16. The predicted molar refractivity (Wildman–Crippen MR) is 148 cm³/mol. The van der Waals surface area contributed by atoms with Crippen LogP contribution in [0.3, 0.4) is 0 Å². The molecule has 2 aromatic carbocycles. The minimum atomic E-state index is -0.283. The van der Waals surface area contributed by atoms with Crippen molar-refractivity contribution in [3.63, 3.8) is 0 Å². The molecule has 4 rings (SSSR count). The first-order chi connectivity index (χ1) is 18.5. The number of hydrogen-bond acceptors (Lipinski definition) is 8. The Hall–Kier alpha value is -4.94. The molecule has 9 nitrogen and oxygen atoms in total. The number of nitrogens with zero attached hydrogens (tertiary/aromatic N) is 4. The van der Waals surface area contributed by atoms with Crippen LogP contribution < -0.4 is 20.1 Å². The summed E-state index contributed by atoms with van der Waals surface area (Å²) in [6.07, 6.45) is 6.44. The lowest BCUT2D eigenvalue weighted by molar-refractivity contribution is -0.111. The van der Waals surface area contributed by atoms with Gasteiger partial charge in [0, 0.05) is 48.2 Å². The third-order valence-electron chi connectivity index (χ3n) is 5.37. The fourth-order valence-corrected chi connectivity index (χ4v) is 3.64. The molecular formula is C29H28N6O3. The van der Waals surface area contributed by atoms with Crippen molar-refractivity contribution in [3.05, 3.63) is 84.7 Å². The molecule has 0 bridgehead atoms. The zero-order valence-electron chi connectivity index (χ0n) is 21.4. The molecule has 0 saturated heterocycles. The Morgan fingerprint density at radius 1 is 1.13 bits per heavy atom. The van der Waals surface area contributed by atoms with E-state index in [1.54, 1.807) is 30.5 Å². The van der Waals surface area contributed by atoms with Crippen molar-refractivity contribution in [1.29, 1.82) is 5.26 Å². The van der Waals surface area contributed by atoms with Crippen molar-refractivity contribution < 1.29 is 14.3 Å². The molecular weight excluding hydrogens is 480 g/mol. The molecule has 38 heavy (non-hydrogen) atoms. The quantitative estimate of drug-likeness (QED) is 0.270. The highest BCUT2D eigenvalue weighted by molar-refractivity contribution is 6.04. The lowest BCUT2D eigenvalue weighted by Crippen LogP contribution is -2.13. The number of rotatable bonds is 10. The van der Waals surface area contributed by atoms with E-state index in [0.29, 0.717) is 58.4 Å². The Balaban J connectivity index is 1.65. The predicted octanol–water partition coefficient (Wildman–Crippen LogP) is 5.49. The number of carbonyl (C=O) groups excluding carboxylic acids is 1. The number of aromatic nitrogens is 2. The largest absolute Gasteiger partial charge is 0.492 e. The SMILES string of the molecule is CCOc1cc2ncc(C#N)c(Nc3ccc(Oc4ccccn4)cc3)c2cc1NC(=O)C=CCN(C)C. The summed E-state index contributed by atoms with van der Waals surface area (Å²) in [5, 5.41) is 16.7. The molecule has 0 radical (unpaired) electrons. The standard InChI is InChI=1S/C29H28N6O3/c1-4-37-26-17-24-23(16-25(26)34-27(36)8-7-15-35(2)3)29(20(18-30)19-32-24)33-21-10-12-22(13-11-21)38-28-9-5-6-14-31-28/h5-14,16-17,19H,4,15H2,1-3H3,(H,32,33)(H,34,36). The number of amides is 1. The summed E-state index contributed by atoms with van der Waals surface area (Å²) in [4.78, 5) is 23.1. The molecule has 2 N–H and O–H groups in total. The summed E-state index contributed by atoms with van der Waals surface area (Å²) in [5.41, 5.74) is 2.77. The maximum atomic E-state index is 12.6. The lowest BCUT2D eigenvalue weighted by atomic mass is 10.1. The summed E-state index contributed by atoms with van der Waals surface area (Å²) < 4.78 is 11.5. The fourth-order valence-electron chi connectivity index (χ4n) is 3.64. The van der Waals surface area contributed by atoms with Crippen LogP contribution in [0, 0.1) is 11.3 Å². The van der Waals surface area contributed by atoms with Crippen LogP contribution in [0.25, 0.3) is 10.9 Å². The Morgan fingerprint density at radius 2 is 1.95 bits per heavy atom. The molecule has 1 amide bonds. The number of nitriles is 1. The summed E-state index contributed by atoms with van der Waals surface area (Å²) in [5.74, 6) is 1.34.